The molecule has 0 atom stereocenters. The molecular formula is C9H11ClN4S. The van der Waals surface area contributed by atoms with Crippen LogP contribution in [-0.2, 0) is 0 Å². The second kappa shape index (κ2) is 5.06. The Morgan fingerprint density at radius 3 is 2.40 bits per heavy atom. The van der Waals surface area contributed by atoms with Crippen LogP contribution in [0.1, 0.15) is 5.56 Å². The average molecular weight is 243 g/mol. The Labute approximate surface area is 97.9 Å². The van der Waals surface area contributed by atoms with Crippen LogP contribution in [0.2, 0.25) is 0 Å². The van der Waals surface area contributed by atoms with Gasteiger partial charge in [-0.3, -0.25) is 5.43 Å². The molecule has 4 nitrogen and oxygen atoms in total. The molecule has 2 rings (SSSR count). The van der Waals surface area contributed by atoms with Crippen molar-refractivity contribution >= 4 is 28.9 Å². The van der Waals surface area contributed by atoms with Gasteiger partial charge in [-0.05, 0) is 6.92 Å². The van der Waals surface area contributed by atoms with Gasteiger partial charge in [-0.25, -0.2) is 5.84 Å². The lowest BCUT2D eigenvalue weighted by Crippen LogP contribution is -2.05. The predicted octanol–water partition coefficient (Wildman–Crippen LogP) is 2.22. The smallest absolute Gasteiger partial charge is 0.220 e. The molecule has 80 valence electrons. The summed E-state index contributed by atoms with van der Waals surface area (Å²) in [5.41, 5.74) is 4.77. The van der Waals surface area contributed by atoms with Crippen LogP contribution in [0.5, 0.6) is 0 Å². The summed E-state index contributed by atoms with van der Waals surface area (Å²) in [5.74, 6) is 5.22. The second-order valence-electron chi connectivity index (χ2n) is 2.92. The molecule has 0 radical (unpaired) electrons. The molecular weight excluding hydrogens is 232 g/mol. The third-order valence-corrected chi connectivity index (χ3v) is 2.75. The van der Waals surface area contributed by atoms with Crippen molar-refractivity contribution in [1.29, 1.82) is 0 Å². The zero-order valence-corrected chi connectivity index (χ0v) is 9.73. The van der Waals surface area contributed by atoms with Crippen molar-refractivity contribution in [2.24, 2.45) is 5.84 Å². The molecule has 15 heavy (non-hydrogen) atoms. The maximum absolute atomic E-state index is 5.22. The van der Waals surface area contributed by atoms with Gasteiger partial charge in [-0.1, -0.05) is 41.2 Å². The Morgan fingerprint density at radius 2 is 1.87 bits per heavy atom. The largest absolute Gasteiger partial charge is 0.298 e. The van der Waals surface area contributed by atoms with Gasteiger partial charge < -0.3 is 0 Å². The van der Waals surface area contributed by atoms with E-state index in [4.69, 9.17) is 5.84 Å². The Morgan fingerprint density at radius 1 is 1.20 bits per heavy atom. The molecule has 3 N–H and O–H groups in total. The molecule has 2 aromatic rings. The molecule has 0 saturated heterocycles. The van der Waals surface area contributed by atoms with Crippen LogP contribution in [0.15, 0.2) is 24.3 Å². The van der Waals surface area contributed by atoms with E-state index >= 15 is 0 Å². The Balaban J connectivity index is 0.00000112. The highest BCUT2D eigenvalue weighted by Gasteiger charge is 2.04. The van der Waals surface area contributed by atoms with Gasteiger partial charge in [-0.2, -0.15) is 0 Å². The van der Waals surface area contributed by atoms with E-state index in [-0.39, 0.29) is 12.4 Å². The minimum atomic E-state index is 0. The SMILES string of the molecule is Cc1ccc(-c2nnc(NN)s2)cc1.Cl. The lowest BCUT2D eigenvalue weighted by atomic mass is 10.2. The van der Waals surface area contributed by atoms with Crippen molar-refractivity contribution in [1.82, 2.24) is 10.2 Å². The minimum Gasteiger partial charge on any atom is -0.298 e. The van der Waals surface area contributed by atoms with Crippen LogP contribution in [-0.4, -0.2) is 10.2 Å². The molecule has 0 fully saturated rings. The Kier molecular flexibility index (Phi) is 4.02. The summed E-state index contributed by atoms with van der Waals surface area (Å²) in [6, 6.07) is 8.14. The van der Waals surface area contributed by atoms with Crippen LogP contribution in [0.4, 0.5) is 5.13 Å². The lowest BCUT2D eigenvalue weighted by Gasteiger charge is -1.95. The summed E-state index contributed by atoms with van der Waals surface area (Å²) < 4.78 is 0. The molecule has 0 aliphatic carbocycles. The van der Waals surface area contributed by atoms with Gasteiger partial charge in [0, 0.05) is 5.56 Å². The first kappa shape index (κ1) is 11.9. The van der Waals surface area contributed by atoms with Gasteiger partial charge in [0.1, 0.15) is 5.01 Å². The molecule has 1 aromatic carbocycles. The van der Waals surface area contributed by atoms with Crippen molar-refractivity contribution in [3.05, 3.63) is 29.8 Å². The summed E-state index contributed by atoms with van der Waals surface area (Å²) in [5, 5.41) is 9.38. The summed E-state index contributed by atoms with van der Waals surface area (Å²) in [6.07, 6.45) is 0. The van der Waals surface area contributed by atoms with Crippen molar-refractivity contribution in [2.45, 2.75) is 6.92 Å². The standard InChI is InChI=1S/C9H10N4S.ClH/c1-6-2-4-7(5-3-6)8-12-13-9(11-10)14-8;/h2-5H,10H2,1H3,(H,11,13);1H. The van der Waals surface area contributed by atoms with Crippen molar-refractivity contribution < 1.29 is 0 Å². The second-order valence-corrected chi connectivity index (χ2v) is 3.90. The van der Waals surface area contributed by atoms with Crippen molar-refractivity contribution in [2.75, 3.05) is 5.43 Å². The first-order chi connectivity index (χ1) is 6.79. The fourth-order valence-corrected chi connectivity index (χ4v) is 1.75. The van der Waals surface area contributed by atoms with E-state index in [2.05, 4.69) is 22.5 Å². The van der Waals surface area contributed by atoms with Crippen LogP contribution in [0, 0.1) is 6.92 Å². The molecule has 0 aliphatic rings. The number of anilines is 1. The Bertz CT molecular complexity index is 426. The number of hydrogen-bond donors (Lipinski definition) is 2. The van der Waals surface area contributed by atoms with Crippen LogP contribution in [0.3, 0.4) is 0 Å². The zero-order chi connectivity index (χ0) is 9.97. The van der Waals surface area contributed by atoms with E-state index in [1.165, 1.54) is 16.9 Å². The number of nitrogen functional groups attached to an aromatic ring is 1. The molecule has 1 aromatic heterocycles. The number of nitrogens with two attached hydrogens (primary N) is 1. The molecule has 0 amide bonds. The van der Waals surface area contributed by atoms with E-state index in [0.29, 0.717) is 5.13 Å². The lowest BCUT2D eigenvalue weighted by molar-refractivity contribution is 1.08. The zero-order valence-electron chi connectivity index (χ0n) is 8.10. The maximum Gasteiger partial charge on any atom is 0.220 e. The van der Waals surface area contributed by atoms with Gasteiger partial charge in [0.2, 0.25) is 5.13 Å². The number of aromatic nitrogens is 2. The number of aryl methyl sites for hydroxylation is 1. The van der Waals surface area contributed by atoms with E-state index in [1.54, 1.807) is 0 Å². The number of rotatable bonds is 2. The first-order valence-corrected chi connectivity index (χ1v) is 4.98. The van der Waals surface area contributed by atoms with Crippen LogP contribution >= 0.6 is 23.7 Å². The fraction of sp³-hybridized carbons (Fsp3) is 0.111. The maximum atomic E-state index is 5.22. The molecule has 0 saturated carbocycles. The van der Waals surface area contributed by atoms with Crippen molar-refractivity contribution in [3.8, 4) is 10.6 Å². The molecule has 6 heteroatoms. The first-order valence-electron chi connectivity index (χ1n) is 4.17. The van der Waals surface area contributed by atoms with Gasteiger partial charge in [0.15, 0.2) is 0 Å². The summed E-state index contributed by atoms with van der Waals surface area (Å²) in [7, 11) is 0. The monoisotopic (exact) mass is 242 g/mol. The molecule has 0 bridgehead atoms. The Hall–Kier alpha value is -1.17. The number of nitrogens with one attached hydrogen (secondary N) is 1. The van der Waals surface area contributed by atoms with Crippen LogP contribution < -0.4 is 11.3 Å². The van der Waals surface area contributed by atoms with Crippen LogP contribution in [0.25, 0.3) is 10.6 Å². The van der Waals surface area contributed by atoms with E-state index in [9.17, 15) is 0 Å². The molecule has 1 heterocycles. The number of halogens is 1. The quantitative estimate of drug-likeness (QED) is 0.626. The molecule has 0 spiro atoms. The van der Waals surface area contributed by atoms with Gasteiger partial charge in [0.25, 0.3) is 0 Å². The predicted molar refractivity (Wildman–Crippen MR) is 65.1 cm³/mol. The fourth-order valence-electron chi connectivity index (χ4n) is 1.09. The minimum absolute atomic E-state index is 0. The van der Waals surface area contributed by atoms with Gasteiger partial charge >= 0.3 is 0 Å². The molecule has 0 aliphatic heterocycles. The number of nitrogens with zero attached hydrogens (tertiary/aromatic N) is 2. The summed E-state index contributed by atoms with van der Waals surface area (Å²) >= 11 is 1.43. The normalized spacial score (nSPS) is 9.47. The highest BCUT2D eigenvalue weighted by Crippen LogP contribution is 2.25. The third-order valence-electron chi connectivity index (χ3n) is 1.85. The highest BCUT2D eigenvalue weighted by molar-refractivity contribution is 7.18. The van der Waals surface area contributed by atoms with E-state index < -0.39 is 0 Å². The highest BCUT2D eigenvalue weighted by atomic mass is 35.5. The van der Waals surface area contributed by atoms with E-state index in [0.717, 1.165) is 10.6 Å². The van der Waals surface area contributed by atoms with E-state index in [1.807, 2.05) is 24.3 Å². The molecule has 0 unspecified atom stereocenters. The van der Waals surface area contributed by atoms with Crippen molar-refractivity contribution in [3.63, 3.8) is 0 Å². The van der Waals surface area contributed by atoms with Gasteiger partial charge in [0.05, 0.1) is 0 Å². The average Bonchev–Trinajstić information content (AvgIpc) is 2.67. The number of hydrogen-bond acceptors (Lipinski definition) is 5. The number of hydrazine groups is 1. The topological polar surface area (TPSA) is 63.8 Å². The third kappa shape index (κ3) is 2.65. The summed E-state index contributed by atoms with van der Waals surface area (Å²) in [4.78, 5) is 0. The number of benzene rings is 1. The van der Waals surface area contributed by atoms with Gasteiger partial charge in [-0.15, -0.1) is 22.6 Å². The summed E-state index contributed by atoms with van der Waals surface area (Å²) in [6.45, 7) is 2.05.